The molecule has 0 amide bonds. The van der Waals surface area contributed by atoms with Crippen molar-refractivity contribution in [1.82, 2.24) is 0 Å². The van der Waals surface area contributed by atoms with Gasteiger partial charge in [-0.05, 0) is 59.4 Å². The van der Waals surface area contributed by atoms with Crippen molar-refractivity contribution in [3.63, 3.8) is 0 Å². The molecule has 2 fully saturated rings. The van der Waals surface area contributed by atoms with Gasteiger partial charge in [0.1, 0.15) is 5.75 Å². The van der Waals surface area contributed by atoms with Gasteiger partial charge in [0.25, 0.3) is 0 Å². The Morgan fingerprint density at radius 3 is 2.09 bits per heavy atom. The van der Waals surface area contributed by atoms with Crippen LogP contribution in [0.3, 0.4) is 0 Å². The minimum Gasteiger partial charge on any atom is -0.491 e. The molecular weight excluding hydrogens is 287 g/mol. The van der Waals surface area contributed by atoms with Gasteiger partial charge in [-0.1, -0.05) is 31.0 Å². The van der Waals surface area contributed by atoms with Crippen LogP contribution in [0.4, 0.5) is 0 Å². The first-order valence-electron chi connectivity index (χ1n) is 9.00. The summed E-state index contributed by atoms with van der Waals surface area (Å²) in [5.74, 6) is 0.915. The summed E-state index contributed by atoms with van der Waals surface area (Å²) in [5.41, 5.74) is 0.357. The second-order valence-electron chi connectivity index (χ2n) is 7.86. The molecule has 1 aliphatic heterocycles. The highest BCUT2D eigenvalue weighted by Gasteiger charge is 2.52. The van der Waals surface area contributed by atoms with Crippen LogP contribution in [0.5, 0.6) is 5.75 Å². The van der Waals surface area contributed by atoms with Crippen LogP contribution in [0.1, 0.15) is 66.2 Å². The molecule has 1 saturated carbocycles. The first-order valence-corrected chi connectivity index (χ1v) is 9.00. The van der Waals surface area contributed by atoms with E-state index in [0.29, 0.717) is 6.10 Å². The van der Waals surface area contributed by atoms with Crippen molar-refractivity contribution >= 4 is 12.6 Å². The van der Waals surface area contributed by atoms with Crippen LogP contribution in [0.2, 0.25) is 0 Å². The molecule has 0 N–H and O–H groups in total. The van der Waals surface area contributed by atoms with Crippen molar-refractivity contribution in [3.05, 3.63) is 24.3 Å². The van der Waals surface area contributed by atoms with Gasteiger partial charge in [0, 0.05) is 5.46 Å². The first kappa shape index (κ1) is 16.8. The van der Waals surface area contributed by atoms with E-state index in [1.165, 1.54) is 25.7 Å². The van der Waals surface area contributed by atoms with Crippen LogP contribution in [0, 0.1) is 0 Å². The molecule has 2 aliphatic rings. The third-order valence-corrected chi connectivity index (χ3v) is 5.52. The molecule has 3 rings (SSSR count). The number of hydrogen-bond acceptors (Lipinski definition) is 3. The molecule has 0 radical (unpaired) electrons. The highest BCUT2D eigenvalue weighted by molar-refractivity contribution is 6.63. The quantitative estimate of drug-likeness (QED) is 0.621. The molecule has 126 valence electrons. The van der Waals surface area contributed by atoms with E-state index >= 15 is 0 Å². The van der Waals surface area contributed by atoms with Crippen molar-refractivity contribution in [3.8, 4) is 5.75 Å². The van der Waals surface area contributed by atoms with Crippen LogP contribution in [0.25, 0.3) is 0 Å². The van der Waals surface area contributed by atoms with Crippen LogP contribution in [0.15, 0.2) is 24.3 Å². The maximum absolute atomic E-state index is 6.36. The maximum Gasteiger partial charge on any atom is 0.498 e. The highest BCUT2D eigenvalue weighted by Crippen LogP contribution is 2.37. The summed E-state index contributed by atoms with van der Waals surface area (Å²) in [5, 5.41) is 0. The van der Waals surface area contributed by atoms with Crippen molar-refractivity contribution in [2.45, 2.75) is 83.5 Å². The largest absolute Gasteiger partial charge is 0.498 e. The Balaban J connectivity index is 1.78. The summed E-state index contributed by atoms with van der Waals surface area (Å²) >= 11 is 0. The van der Waals surface area contributed by atoms with Crippen molar-refractivity contribution in [2.24, 2.45) is 0 Å². The monoisotopic (exact) mass is 316 g/mol. The van der Waals surface area contributed by atoms with E-state index in [2.05, 4.69) is 33.8 Å². The Labute approximate surface area is 140 Å². The molecule has 0 bridgehead atoms. The van der Waals surface area contributed by atoms with Gasteiger partial charge in [-0.15, -0.1) is 0 Å². The molecule has 1 aliphatic carbocycles. The molecule has 0 spiro atoms. The molecule has 4 heteroatoms. The van der Waals surface area contributed by atoms with Crippen molar-refractivity contribution in [2.75, 3.05) is 0 Å². The van der Waals surface area contributed by atoms with Crippen molar-refractivity contribution in [1.29, 1.82) is 0 Å². The summed E-state index contributed by atoms with van der Waals surface area (Å²) in [4.78, 5) is 0. The Kier molecular flexibility index (Phi) is 4.75. The van der Waals surface area contributed by atoms with Gasteiger partial charge < -0.3 is 14.0 Å². The Hall–Kier alpha value is -0.995. The Morgan fingerprint density at radius 1 is 0.913 bits per heavy atom. The van der Waals surface area contributed by atoms with E-state index in [1.807, 2.05) is 18.2 Å². The van der Waals surface area contributed by atoms with Gasteiger partial charge in [0.05, 0.1) is 17.3 Å². The third-order valence-electron chi connectivity index (χ3n) is 5.52. The molecular formula is C19H29BO3. The van der Waals surface area contributed by atoms with Gasteiger partial charge in [0.15, 0.2) is 0 Å². The fraction of sp³-hybridized carbons (Fsp3) is 0.684. The lowest BCUT2D eigenvalue weighted by Crippen LogP contribution is -2.41. The maximum atomic E-state index is 6.36. The molecule has 23 heavy (non-hydrogen) atoms. The molecule has 1 aromatic rings. The molecule has 0 unspecified atom stereocenters. The zero-order valence-electron chi connectivity index (χ0n) is 14.9. The van der Waals surface area contributed by atoms with Gasteiger partial charge in [-0.3, -0.25) is 0 Å². The second-order valence-corrected chi connectivity index (χ2v) is 7.86. The predicted molar refractivity (Wildman–Crippen MR) is 94.3 cm³/mol. The summed E-state index contributed by atoms with van der Waals surface area (Å²) < 4.78 is 18.8. The summed E-state index contributed by atoms with van der Waals surface area (Å²) in [6.45, 7) is 8.34. The van der Waals surface area contributed by atoms with Crippen molar-refractivity contribution < 1.29 is 14.0 Å². The lowest BCUT2D eigenvalue weighted by Gasteiger charge is -2.32. The number of rotatable bonds is 3. The third kappa shape index (κ3) is 3.58. The zero-order valence-corrected chi connectivity index (χ0v) is 14.9. The number of para-hydroxylation sites is 1. The van der Waals surface area contributed by atoms with Gasteiger partial charge in [-0.2, -0.15) is 0 Å². The zero-order chi connectivity index (χ0) is 16.5. The Bertz CT molecular complexity index is 517. The smallest absolute Gasteiger partial charge is 0.491 e. The molecule has 0 aromatic heterocycles. The molecule has 1 heterocycles. The summed E-state index contributed by atoms with van der Waals surface area (Å²) in [6.07, 6.45) is 7.82. The fourth-order valence-corrected chi connectivity index (χ4v) is 3.29. The average molecular weight is 316 g/mol. The van der Waals surface area contributed by atoms with E-state index in [1.54, 1.807) is 0 Å². The number of ether oxygens (including phenoxy) is 1. The fourth-order valence-electron chi connectivity index (χ4n) is 3.29. The molecule has 0 atom stereocenters. The molecule has 3 nitrogen and oxygen atoms in total. The van der Waals surface area contributed by atoms with E-state index in [4.69, 9.17) is 14.0 Å². The SMILES string of the molecule is CC1(C)OB(c2ccccc2OC2CCCCCC2)OC1(C)C. The van der Waals surface area contributed by atoms with Crippen LogP contribution in [-0.4, -0.2) is 24.4 Å². The highest BCUT2D eigenvalue weighted by atomic mass is 16.7. The normalized spacial score (nSPS) is 24.4. The summed E-state index contributed by atoms with van der Waals surface area (Å²) in [7, 11) is -0.359. The second kappa shape index (κ2) is 6.48. The summed E-state index contributed by atoms with van der Waals surface area (Å²) in [6, 6.07) is 8.17. The molecule has 1 aromatic carbocycles. The van der Waals surface area contributed by atoms with E-state index in [0.717, 1.165) is 24.1 Å². The Morgan fingerprint density at radius 2 is 1.48 bits per heavy atom. The average Bonchev–Trinajstić information content (AvgIpc) is 2.67. The number of hydrogen-bond donors (Lipinski definition) is 0. The minimum atomic E-state index is -0.359. The lowest BCUT2D eigenvalue weighted by molar-refractivity contribution is 0.00578. The van der Waals surface area contributed by atoms with E-state index in [-0.39, 0.29) is 18.3 Å². The van der Waals surface area contributed by atoms with E-state index < -0.39 is 0 Å². The van der Waals surface area contributed by atoms with Gasteiger partial charge in [0.2, 0.25) is 0 Å². The minimum absolute atomic E-state index is 0.320. The van der Waals surface area contributed by atoms with Crippen LogP contribution >= 0.6 is 0 Å². The van der Waals surface area contributed by atoms with Crippen LogP contribution in [-0.2, 0) is 9.31 Å². The predicted octanol–water partition coefficient (Wildman–Crippen LogP) is 4.09. The first-order chi connectivity index (χ1) is 10.9. The van der Waals surface area contributed by atoms with Crippen LogP contribution < -0.4 is 10.2 Å². The standard InChI is InChI=1S/C19H29BO3/c1-18(2)19(3,4)23-20(22-18)16-13-9-10-14-17(16)21-15-11-7-5-6-8-12-15/h9-10,13-15H,5-8,11-12H2,1-4H3. The van der Waals surface area contributed by atoms with E-state index in [9.17, 15) is 0 Å². The molecule has 1 saturated heterocycles. The van der Waals surface area contributed by atoms with Gasteiger partial charge >= 0.3 is 7.12 Å². The lowest BCUT2D eigenvalue weighted by atomic mass is 9.78. The topological polar surface area (TPSA) is 27.7 Å². The number of benzene rings is 1. The van der Waals surface area contributed by atoms with Gasteiger partial charge in [-0.25, -0.2) is 0 Å².